The fraction of sp³-hybridized carbons (Fsp3) is 0. The summed E-state index contributed by atoms with van der Waals surface area (Å²) < 4.78 is 22.4. The van der Waals surface area contributed by atoms with Gasteiger partial charge >= 0.3 is 0 Å². The first-order valence-electron chi connectivity index (χ1n) is 7.57. The lowest BCUT2D eigenvalue weighted by Gasteiger charge is -2.12. The number of rotatable bonds is 4. The number of hydrogen-bond donors (Lipinski definition) is 1. The van der Waals surface area contributed by atoms with E-state index in [0.29, 0.717) is 11.3 Å². The molecule has 0 radical (unpaired) electrons. The quantitative estimate of drug-likeness (QED) is 0.404. The summed E-state index contributed by atoms with van der Waals surface area (Å²) in [5.41, 5.74) is 3.20. The van der Waals surface area contributed by atoms with Crippen LogP contribution in [0.5, 0.6) is 11.5 Å². The van der Waals surface area contributed by atoms with Crippen molar-refractivity contribution in [3.63, 3.8) is 0 Å². The van der Waals surface area contributed by atoms with Crippen molar-refractivity contribution in [2.45, 2.75) is 0 Å². The van der Waals surface area contributed by atoms with Gasteiger partial charge in [0.15, 0.2) is 11.6 Å². The number of ether oxygens (including phenoxy) is 1. The van der Waals surface area contributed by atoms with Crippen LogP contribution >= 0.6 is 22.9 Å². The van der Waals surface area contributed by atoms with Crippen molar-refractivity contribution in [2.24, 2.45) is 0 Å². The molecule has 0 aliphatic carbocycles. The van der Waals surface area contributed by atoms with Crippen molar-refractivity contribution < 1.29 is 9.13 Å². The third-order valence-corrected chi connectivity index (χ3v) is 4.80. The van der Waals surface area contributed by atoms with E-state index in [1.165, 1.54) is 6.07 Å². The van der Waals surface area contributed by atoms with Gasteiger partial charge in [-0.1, -0.05) is 24.8 Å². The minimum Gasteiger partial charge on any atom is -0.454 e. The SMILES string of the molecule is C=Cc1c(Oc2cccc(-c3ccn[nH]3)c2)c(F)cc2c1ccn2I. The molecule has 6 heteroatoms. The van der Waals surface area contributed by atoms with Crippen LogP contribution in [0.15, 0.2) is 61.4 Å². The average Bonchev–Trinajstić information content (AvgIpc) is 3.27. The molecule has 4 nitrogen and oxygen atoms in total. The fourth-order valence-electron chi connectivity index (χ4n) is 2.79. The number of hydrogen-bond acceptors (Lipinski definition) is 2. The van der Waals surface area contributed by atoms with Crippen molar-refractivity contribution in [3.05, 3.63) is 72.8 Å². The van der Waals surface area contributed by atoms with Crippen molar-refractivity contribution in [3.8, 4) is 22.8 Å². The number of aromatic amines is 1. The molecule has 0 aliphatic rings. The lowest BCUT2D eigenvalue weighted by Crippen LogP contribution is -1.94. The van der Waals surface area contributed by atoms with Crippen LogP contribution in [0.25, 0.3) is 28.2 Å². The van der Waals surface area contributed by atoms with Gasteiger partial charge in [-0.25, -0.2) is 4.39 Å². The zero-order chi connectivity index (χ0) is 17.4. The molecule has 0 amide bonds. The largest absolute Gasteiger partial charge is 0.454 e. The molecule has 0 aliphatic heterocycles. The molecule has 2 aromatic heterocycles. The fourth-order valence-corrected chi connectivity index (χ4v) is 3.35. The Kier molecular flexibility index (Phi) is 4.04. The topological polar surface area (TPSA) is 42.8 Å². The highest BCUT2D eigenvalue weighted by molar-refractivity contribution is 14.1. The van der Waals surface area contributed by atoms with E-state index in [4.69, 9.17) is 4.74 Å². The number of benzene rings is 2. The van der Waals surface area contributed by atoms with E-state index in [1.54, 1.807) is 18.3 Å². The number of aromatic nitrogens is 3. The minimum atomic E-state index is -0.425. The summed E-state index contributed by atoms with van der Waals surface area (Å²) >= 11 is 2.11. The summed E-state index contributed by atoms with van der Waals surface area (Å²) in [5.74, 6) is 0.292. The number of H-pyrrole nitrogens is 1. The molecule has 0 unspecified atom stereocenters. The van der Waals surface area contributed by atoms with Crippen LogP contribution in [0.1, 0.15) is 5.56 Å². The Morgan fingerprint density at radius 3 is 2.88 bits per heavy atom. The Labute approximate surface area is 157 Å². The molecule has 0 atom stereocenters. The molecular weight excluding hydrogens is 432 g/mol. The molecule has 4 rings (SSSR count). The molecule has 1 N–H and O–H groups in total. The van der Waals surface area contributed by atoms with Crippen LogP contribution in [-0.4, -0.2) is 13.0 Å². The van der Waals surface area contributed by atoms with Crippen molar-refractivity contribution >= 4 is 39.8 Å². The summed E-state index contributed by atoms with van der Waals surface area (Å²) in [6, 6.07) is 12.7. The van der Waals surface area contributed by atoms with E-state index >= 15 is 0 Å². The van der Waals surface area contributed by atoms with E-state index in [1.807, 2.05) is 39.3 Å². The number of nitrogens with one attached hydrogen (secondary N) is 1. The summed E-state index contributed by atoms with van der Waals surface area (Å²) in [5, 5.41) is 7.75. The summed E-state index contributed by atoms with van der Waals surface area (Å²) in [7, 11) is 0. The molecule has 0 fully saturated rings. The summed E-state index contributed by atoms with van der Waals surface area (Å²) in [6.45, 7) is 3.82. The van der Waals surface area contributed by atoms with Crippen molar-refractivity contribution in [1.82, 2.24) is 13.0 Å². The lowest BCUT2D eigenvalue weighted by atomic mass is 10.1. The Balaban J connectivity index is 1.80. The van der Waals surface area contributed by atoms with E-state index in [2.05, 4.69) is 39.6 Å². The standard InChI is InChI=1S/C19H13FIN3O/c1-2-14-15-7-9-24(21)18(15)11-16(20)19(14)25-13-5-3-4-12(10-13)17-6-8-22-23-17/h2-11H,1H2,(H,22,23). The highest BCUT2D eigenvalue weighted by Crippen LogP contribution is 2.37. The highest BCUT2D eigenvalue weighted by atomic mass is 127. The van der Waals surface area contributed by atoms with Crippen LogP contribution in [0, 0.1) is 5.82 Å². The van der Waals surface area contributed by atoms with Gasteiger partial charge in [0.25, 0.3) is 0 Å². The maximum absolute atomic E-state index is 14.7. The third kappa shape index (κ3) is 2.82. The van der Waals surface area contributed by atoms with E-state index in [0.717, 1.165) is 22.2 Å². The molecule has 0 bridgehead atoms. The summed E-state index contributed by atoms with van der Waals surface area (Å²) in [4.78, 5) is 0. The van der Waals surface area contributed by atoms with Gasteiger partial charge in [-0.05, 0) is 24.3 Å². The zero-order valence-corrected chi connectivity index (χ0v) is 15.2. The third-order valence-electron chi connectivity index (χ3n) is 3.96. The average molecular weight is 445 g/mol. The van der Waals surface area contributed by atoms with Crippen LogP contribution in [0.4, 0.5) is 4.39 Å². The minimum absolute atomic E-state index is 0.173. The molecule has 0 spiro atoms. The molecule has 4 aromatic rings. The smallest absolute Gasteiger partial charge is 0.170 e. The molecular formula is C19H13FIN3O. The molecule has 25 heavy (non-hydrogen) atoms. The monoisotopic (exact) mass is 445 g/mol. The first kappa shape index (κ1) is 15.9. The first-order valence-corrected chi connectivity index (χ1v) is 8.53. The Morgan fingerprint density at radius 2 is 2.12 bits per heavy atom. The second-order valence-corrected chi connectivity index (χ2v) is 6.50. The maximum Gasteiger partial charge on any atom is 0.170 e. The van der Waals surface area contributed by atoms with Crippen molar-refractivity contribution in [1.29, 1.82) is 0 Å². The maximum atomic E-state index is 14.7. The van der Waals surface area contributed by atoms with Gasteiger partial charge in [0.1, 0.15) is 5.75 Å². The van der Waals surface area contributed by atoms with E-state index < -0.39 is 5.82 Å². The van der Waals surface area contributed by atoms with Gasteiger partial charge in [-0.2, -0.15) is 5.10 Å². The second-order valence-electron chi connectivity index (χ2n) is 5.47. The van der Waals surface area contributed by atoms with E-state index in [9.17, 15) is 4.39 Å². The first-order chi connectivity index (χ1) is 12.2. The van der Waals surface area contributed by atoms with Gasteiger partial charge in [0, 0.05) is 35.0 Å². The molecule has 2 aromatic carbocycles. The van der Waals surface area contributed by atoms with E-state index in [-0.39, 0.29) is 5.75 Å². The van der Waals surface area contributed by atoms with Crippen LogP contribution in [-0.2, 0) is 0 Å². The van der Waals surface area contributed by atoms with Crippen LogP contribution < -0.4 is 4.74 Å². The zero-order valence-electron chi connectivity index (χ0n) is 13.0. The van der Waals surface area contributed by atoms with Gasteiger partial charge in [-0.3, -0.25) is 7.88 Å². The van der Waals surface area contributed by atoms with Crippen LogP contribution in [0.3, 0.4) is 0 Å². The molecule has 0 saturated heterocycles. The van der Waals surface area contributed by atoms with Gasteiger partial charge in [0.2, 0.25) is 0 Å². The molecule has 2 heterocycles. The summed E-state index contributed by atoms with van der Waals surface area (Å²) in [6.07, 6.45) is 5.18. The number of halogens is 2. The normalized spacial score (nSPS) is 11.0. The Bertz CT molecular complexity index is 1070. The predicted octanol–water partition coefficient (Wildman–Crippen LogP) is 5.80. The van der Waals surface area contributed by atoms with Crippen molar-refractivity contribution in [2.75, 3.05) is 0 Å². The number of fused-ring (bicyclic) bond motifs is 1. The molecule has 124 valence electrons. The second kappa shape index (κ2) is 6.36. The molecule has 0 saturated carbocycles. The Morgan fingerprint density at radius 1 is 1.24 bits per heavy atom. The van der Waals surface area contributed by atoms with Gasteiger partial charge in [0.05, 0.1) is 34.1 Å². The number of nitrogens with zero attached hydrogens (tertiary/aromatic N) is 2. The lowest BCUT2D eigenvalue weighted by molar-refractivity contribution is 0.442. The Hall–Kier alpha value is -2.61. The highest BCUT2D eigenvalue weighted by Gasteiger charge is 2.16. The van der Waals surface area contributed by atoms with Crippen LogP contribution in [0.2, 0.25) is 0 Å². The van der Waals surface area contributed by atoms with Gasteiger partial charge < -0.3 is 4.74 Å². The predicted molar refractivity (Wildman–Crippen MR) is 106 cm³/mol. The van der Waals surface area contributed by atoms with Gasteiger partial charge in [-0.15, -0.1) is 0 Å².